The number of allylic oxidation sites excluding steroid dienone is 2. The van der Waals surface area contributed by atoms with E-state index in [0.29, 0.717) is 6.04 Å². The van der Waals surface area contributed by atoms with Crippen LogP contribution in [0.25, 0.3) is 0 Å². The van der Waals surface area contributed by atoms with Gasteiger partial charge in [0, 0.05) is 18.2 Å². The van der Waals surface area contributed by atoms with E-state index in [1.807, 2.05) is 12.1 Å². The minimum absolute atomic E-state index is 0.0841. The smallest absolute Gasteiger partial charge is 0.254 e. The first-order valence-electron chi connectivity index (χ1n) is 7.09. The Balaban J connectivity index is 2.00. The molecule has 2 nitrogen and oxygen atoms in total. The van der Waals surface area contributed by atoms with Crippen molar-refractivity contribution >= 4 is 5.91 Å². The Hall–Kier alpha value is -1.83. The van der Waals surface area contributed by atoms with Crippen molar-refractivity contribution in [2.75, 3.05) is 6.54 Å². The van der Waals surface area contributed by atoms with Crippen LogP contribution in [0.4, 0.5) is 0 Å². The molecule has 0 saturated carbocycles. The normalized spacial score (nSPS) is 26.6. The highest BCUT2D eigenvalue weighted by Gasteiger charge is 2.49. The molecule has 2 aliphatic heterocycles. The summed E-state index contributed by atoms with van der Waals surface area (Å²) in [6.07, 6.45) is 12.3. The lowest BCUT2D eigenvalue weighted by Gasteiger charge is -2.45. The number of hydrogen-bond donors (Lipinski definition) is 0. The van der Waals surface area contributed by atoms with Gasteiger partial charge in [-0.25, -0.2) is 0 Å². The third-order valence-corrected chi connectivity index (χ3v) is 4.75. The van der Waals surface area contributed by atoms with Gasteiger partial charge in [0.05, 0.1) is 5.41 Å². The second-order valence-corrected chi connectivity index (χ2v) is 5.68. The summed E-state index contributed by atoms with van der Waals surface area (Å²) in [5.41, 5.74) is 1.99. The van der Waals surface area contributed by atoms with Gasteiger partial charge in [0.1, 0.15) is 0 Å². The lowest BCUT2D eigenvalue weighted by atomic mass is 9.67. The van der Waals surface area contributed by atoms with E-state index in [4.69, 9.17) is 0 Å². The van der Waals surface area contributed by atoms with E-state index < -0.39 is 0 Å². The van der Waals surface area contributed by atoms with Crippen molar-refractivity contribution in [3.05, 3.63) is 59.7 Å². The van der Waals surface area contributed by atoms with Crippen molar-refractivity contribution < 1.29 is 4.79 Å². The fraction of sp³-hybridized carbons (Fsp3) is 0.353. The van der Waals surface area contributed by atoms with Crippen LogP contribution >= 0.6 is 0 Å². The summed E-state index contributed by atoms with van der Waals surface area (Å²) in [5, 5.41) is 0. The Bertz CT molecular complexity index is 587. The summed E-state index contributed by atoms with van der Waals surface area (Å²) in [5.74, 6) is 0.219. The molecule has 1 atom stereocenters. The fourth-order valence-corrected chi connectivity index (χ4v) is 3.95. The zero-order valence-corrected chi connectivity index (χ0v) is 10.9. The molecule has 0 radical (unpaired) electrons. The van der Waals surface area contributed by atoms with Crippen LogP contribution < -0.4 is 0 Å². The summed E-state index contributed by atoms with van der Waals surface area (Å²) in [6.45, 7) is 0.904. The Morgan fingerprint density at radius 1 is 1.16 bits per heavy atom. The quantitative estimate of drug-likeness (QED) is 0.649. The molecule has 96 valence electrons. The summed E-state index contributed by atoms with van der Waals surface area (Å²) in [6, 6.07) is 8.43. The number of nitrogens with zero attached hydrogens (tertiary/aromatic N) is 1. The molecule has 1 aromatic rings. The third-order valence-electron chi connectivity index (χ3n) is 4.75. The highest BCUT2D eigenvalue weighted by molar-refractivity contribution is 5.98. The topological polar surface area (TPSA) is 20.3 Å². The average molecular weight is 251 g/mol. The summed E-state index contributed by atoms with van der Waals surface area (Å²) < 4.78 is 0. The van der Waals surface area contributed by atoms with Gasteiger partial charge in [-0.2, -0.15) is 0 Å². The van der Waals surface area contributed by atoms with Gasteiger partial charge in [-0.15, -0.1) is 0 Å². The van der Waals surface area contributed by atoms with Crippen LogP contribution in [0.3, 0.4) is 0 Å². The largest absolute Gasteiger partial charge is 0.334 e. The van der Waals surface area contributed by atoms with Crippen molar-refractivity contribution in [3.63, 3.8) is 0 Å². The number of benzene rings is 1. The van der Waals surface area contributed by atoms with Crippen LogP contribution in [0.1, 0.15) is 35.2 Å². The summed E-state index contributed by atoms with van der Waals surface area (Å²) in [4.78, 5) is 14.7. The van der Waals surface area contributed by atoms with Crippen LogP contribution in [-0.4, -0.2) is 23.4 Å². The van der Waals surface area contributed by atoms with Crippen molar-refractivity contribution in [3.8, 4) is 0 Å². The molecule has 19 heavy (non-hydrogen) atoms. The maximum absolute atomic E-state index is 12.6. The van der Waals surface area contributed by atoms with Crippen LogP contribution in [0.5, 0.6) is 0 Å². The van der Waals surface area contributed by atoms with Gasteiger partial charge in [-0.05, 0) is 30.9 Å². The van der Waals surface area contributed by atoms with Crippen LogP contribution in [0, 0.1) is 0 Å². The molecule has 1 amide bonds. The highest BCUT2D eigenvalue weighted by Crippen LogP contribution is 2.46. The summed E-state index contributed by atoms with van der Waals surface area (Å²) in [7, 11) is 0. The minimum atomic E-state index is -0.0841. The molecule has 1 spiro atoms. The number of rotatable bonds is 0. The number of fused-ring (bicyclic) bond motifs is 4. The van der Waals surface area contributed by atoms with E-state index in [1.165, 1.54) is 5.56 Å². The monoisotopic (exact) mass is 251 g/mol. The second kappa shape index (κ2) is 3.83. The number of carbonyl (C=O) groups excluding carboxylic acids is 1. The molecule has 1 fully saturated rings. The van der Waals surface area contributed by atoms with E-state index in [2.05, 4.69) is 41.3 Å². The molecule has 2 heterocycles. The molecule has 1 aliphatic carbocycles. The van der Waals surface area contributed by atoms with Crippen LogP contribution in [-0.2, 0) is 5.41 Å². The zero-order chi connectivity index (χ0) is 12.9. The van der Waals surface area contributed by atoms with Gasteiger partial charge in [-0.1, -0.05) is 42.5 Å². The highest BCUT2D eigenvalue weighted by atomic mass is 16.2. The number of hydrogen-bond acceptors (Lipinski definition) is 1. The Labute approximate surface area is 113 Å². The molecule has 1 saturated heterocycles. The molecule has 0 aromatic heterocycles. The number of carbonyl (C=O) groups is 1. The first kappa shape index (κ1) is 11.0. The predicted molar refractivity (Wildman–Crippen MR) is 75.1 cm³/mol. The zero-order valence-electron chi connectivity index (χ0n) is 10.9. The van der Waals surface area contributed by atoms with Crippen molar-refractivity contribution in [1.29, 1.82) is 0 Å². The molecule has 1 unspecified atom stereocenters. The fourth-order valence-electron chi connectivity index (χ4n) is 3.95. The van der Waals surface area contributed by atoms with Gasteiger partial charge in [0.25, 0.3) is 5.91 Å². The first-order valence-corrected chi connectivity index (χ1v) is 7.09. The van der Waals surface area contributed by atoms with Crippen LogP contribution in [0.2, 0.25) is 0 Å². The van der Waals surface area contributed by atoms with E-state index in [9.17, 15) is 4.79 Å². The van der Waals surface area contributed by atoms with Gasteiger partial charge in [0.2, 0.25) is 0 Å². The molecule has 2 heteroatoms. The molecular formula is C17H17NO. The predicted octanol–water partition coefficient (Wildman–Crippen LogP) is 3.06. The first-order chi connectivity index (χ1) is 9.33. The molecule has 3 aliphatic rings. The van der Waals surface area contributed by atoms with Crippen molar-refractivity contribution in [2.45, 2.75) is 30.7 Å². The third kappa shape index (κ3) is 1.34. The van der Waals surface area contributed by atoms with Crippen molar-refractivity contribution in [1.82, 2.24) is 4.90 Å². The van der Waals surface area contributed by atoms with E-state index in [1.54, 1.807) is 0 Å². The lowest BCUT2D eigenvalue weighted by Crippen LogP contribution is -2.53. The van der Waals surface area contributed by atoms with Gasteiger partial charge >= 0.3 is 0 Å². The van der Waals surface area contributed by atoms with E-state index in [-0.39, 0.29) is 11.3 Å². The van der Waals surface area contributed by atoms with E-state index >= 15 is 0 Å². The van der Waals surface area contributed by atoms with Gasteiger partial charge in [-0.3, -0.25) is 4.79 Å². The van der Waals surface area contributed by atoms with Gasteiger partial charge < -0.3 is 4.90 Å². The lowest BCUT2D eigenvalue weighted by molar-refractivity contribution is 0.0668. The molecule has 0 N–H and O–H groups in total. The van der Waals surface area contributed by atoms with Gasteiger partial charge in [0.15, 0.2) is 0 Å². The summed E-state index contributed by atoms with van der Waals surface area (Å²) >= 11 is 0. The van der Waals surface area contributed by atoms with Crippen molar-refractivity contribution in [2.24, 2.45) is 0 Å². The average Bonchev–Trinajstić information content (AvgIpc) is 2.97. The molecule has 0 bridgehead atoms. The molecule has 4 rings (SSSR count). The SMILES string of the molecule is O=C1c2ccccc2C2(C=CCC=C2)C2CCCN12. The Morgan fingerprint density at radius 2 is 1.95 bits per heavy atom. The Morgan fingerprint density at radius 3 is 2.79 bits per heavy atom. The molecule has 1 aromatic carbocycles. The second-order valence-electron chi connectivity index (χ2n) is 5.68. The minimum Gasteiger partial charge on any atom is -0.334 e. The Kier molecular flexibility index (Phi) is 2.22. The maximum atomic E-state index is 12.6. The molecular weight excluding hydrogens is 234 g/mol. The number of amides is 1. The maximum Gasteiger partial charge on any atom is 0.254 e. The van der Waals surface area contributed by atoms with E-state index in [0.717, 1.165) is 31.4 Å². The standard InChI is InChI=1S/C17H17NO/c19-16-13-7-2-3-8-14(13)17(10-4-1-5-11-17)15-9-6-12-18(15)16/h2-5,7-8,10-11,15H,1,6,9,12H2. The van der Waals surface area contributed by atoms with Crippen LogP contribution in [0.15, 0.2) is 48.6 Å².